The molecule has 1 fully saturated rings. The molecule has 47 heavy (non-hydrogen) atoms. The molecule has 4 amide bonds. The Bertz CT molecular complexity index is 1400. The van der Waals surface area contributed by atoms with E-state index in [1.54, 1.807) is 36.4 Å². The number of hydrogen-bond acceptors (Lipinski definition) is 9. The second-order valence-corrected chi connectivity index (χ2v) is 12.4. The van der Waals surface area contributed by atoms with Crippen LogP contribution in [0, 0.1) is 5.92 Å². The summed E-state index contributed by atoms with van der Waals surface area (Å²) in [5, 5.41) is 36.7. The number of carboxylic acids is 1. The summed E-state index contributed by atoms with van der Waals surface area (Å²) in [6.07, 6.45) is -0.182. The number of nitrogens with one attached hydrogen (secondary N) is 3. The maximum atomic E-state index is 13.9. The van der Waals surface area contributed by atoms with Crippen molar-refractivity contribution >= 4 is 35.3 Å². The van der Waals surface area contributed by atoms with Crippen LogP contribution in [0.5, 0.6) is 5.75 Å². The molecule has 1 saturated heterocycles. The predicted octanol–water partition coefficient (Wildman–Crippen LogP) is 0.0438. The van der Waals surface area contributed by atoms with E-state index in [1.807, 2.05) is 13.8 Å². The van der Waals surface area contributed by atoms with Crippen LogP contribution in [0.15, 0.2) is 48.5 Å². The van der Waals surface area contributed by atoms with Gasteiger partial charge in [0.25, 0.3) is 0 Å². The van der Waals surface area contributed by atoms with E-state index in [-0.39, 0.29) is 43.9 Å². The van der Waals surface area contributed by atoms with Gasteiger partial charge in [0.2, 0.25) is 23.6 Å². The Morgan fingerprint density at radius 3 is 2.02 bits per heavy atom. The molecule has 6 atom stereocenters. The summed E-state index contributed by atoms with van der Waals surface area (Å²) < 4.78 is 0. The van der Waals surface area contributed by atoms with E-state index in [9.17, 15) is 39.3 Å². The van der Waals surface area contributed by atoms with Crippen molar-refractivity contribution in [3.05, 3.63) is 59.7 Å². The molecule has 0 saturated carbocycles. The lowest BCUT2D eigenvalue weighted by Crippen LogP contribution is -2.59. The smallest absolute Gasteiger partial charge is 0.328 e. The highest BCUT2D eigenvalue weighted by molar-refractivity contribution is 5.96. The van der Waals surface area contributed by atoms with Crippen LogP contribution in [0.25, 0.3) is 0 Å². The maximum absolute atomic E-state index is 13.9. The fourth-order valence-electron chi connectivity index (χ4n) is 5.46. The predicted molar refractivity (Wildman–Crippen MR) is 174 cm³/mol. The minimum atomic E-state index is -1.55. The normalized spacial score (nSPS) is 17.7. The first-order valence-electron chi connectivity index (χ1n) is 15.7. The van der Waals surface area contributed by atoms with Crippen LogP contribution in [0.3, 0.4) is 0 Å². The maximum Gasteiger partial charge on any atom is 0.328 e. The molecule has 1 aliphatic rings. The number of rotatable bonds is 15. The van der Waals surface area contributed by atoms with E-state index in [0.29, 0.717) is 17.7 Å². The summed E-state index contributed by atoms with van der Waals surface area (Å²) in [6.45, 7) is 5.18. The molecule has 3 rings (SSSR count). The van der Waals surface area contributed by atoms with Gasteiger partial charge in [0.15, 0.2) is 6.04 Å². The van der Waals surface area contributed by atoms with Crippen molar-refractivity contribution in [2.45, 2.75) is 89.2 Å². The molecule has 1 aliphatic heterocycles. The van der Waals surface area contributed by atoms with Crippen LogP contribution in [-0.2, 0) is 36.8 Å². The molecule has 14 heteroatoms. The lowest BCUT2D eigenvalue weighted by atomic mass is 9.99. The van der Waals surface area contributed by atoms with Gasteiger partial charge in [0.1, 0.15) is 23.9 Å². The number of phenolic OH excluding ortho intramolecular Hbond substituents is 1. The molecule has 0 aliphatic carbocycles. The number of likely N-dealkylation sites (tertiary alicyclic amines) is 1. The molecule has 0 spiro atoms. The second kappa shape index (κ2) is 16.7. The Morgan fingerprint density at radius 1 is 0.872 bits per heavy atom. The van der Waals surface area contributed by atoms with Crippen molar-refractivity contribution in [1.82, 2.24) is 20.9 Å². The van der Waals surface area contributed by atoms with Crippen molar-refractivity contribution in [2.75, 3.05) is 12.3 Å². The summed E-state index contributed by atoms with van der Waals surface area (Å²) in [5.74, 6) is -3.91. The molecule has 0 radical (unpaired) electrons. The third-order valence-corrected chi connectivity index (χ3v) is 7.99. The number of amides is 4. The van der Waals surface area contributed by atoms with Crippen LogP contribution < -0.4 is 27.4 Å². The second-order valence-electron chi connectivity index (χ2n) is 12.4. The third kappa shape index (κ3) is 10.7. The number of benzene rings is 2. The Hall–Kier alpha value is -4.69. The number of phenols is 1. The van der Waals surface area contributed by atoms with Crippen molar-refractivity contribution in [3.63, 3.8) is 0 Å². The molecular weight excluding hydrogens is 608 g/mol. The fourth-order valence-corrected chi connectivity index (χ4v) is 5.46. The molecular formula is C33H46N6O8. The highest BCUT2D eigenvalue weighted by Crippen LogP contribution is 2.21. The minimum absolute atomic E-state index is 0.0271. The van der Waals surface area contributed by atoms with Gasteiger partial charge in [-0.25, -0.2) is 4.79 Å². The quantitative estimate of drug-likeness (QED) is 0.120. The number of aromatic hydroxyl groups is 1. The lowest BCUT2D eigenvalue weighted by Gasteiger charge is -2.31. The van der Waals surface area contributed by atoms with E-state index in [1.165, 1.54) is 24.0 Å². The first kappa shape index (κ1) is 36.8. The zero-order chi connectivity index (χ0) is 34.8. The number of aliphatic carboxylic acids is 1. The average Bonchev–Trinajstić information content (AvgIpc) is 3.50. The van der Waals surface area contributed by atoms with E-state index >= 15 is 0 Å². The molecule has 0 aromatic heterocycles. The minimum Gasteiger partial charge on any atom is -0.508 e. The Morgan fingerprint density at radius 2 is 1.45 bits per heavy atom. The standard InChI is InChI=1S/C33H46N6O8/c1-18(2)15-26(32(45)39-14-4-5-27(39)31(44)38-28(19(3)40)33(46)47)37-30(43)25(17-21-8-12-23(41)13-9-21)36-29(42)24(35)16-20-6-10-22(34)11-7-20/h6-13,18-19,24-28,40-41H,4-5,14-17,34-35H2,1-3H3,(H,36,42)(H,37,43)(H,38,44)(H,46,47)/t19-,24+,25+,26+,27+,28+/m1/s1. The average molecular weight is 655 g/mol. The van der Waals surface area contributed by atoms with E-state index < -0.39 is 65.9 Å². The molecule has 0 unspecified atom stereocenters. The number of aliphatic hydroxyl groups is 1. The van der Waals surface area contributed by atoms with E-state index in [2.05, 4.69) is 16.0 Å². The van der Waals surface area contributed by atoms with Gasteiger partial charge in [0, 0.05) is 18.7 Å². The van der Waals surface area contributed by atoms with Gasteiger partial charge in [-0.15, -0.1) is 0 Å². The van der Waals surface area contributed by atoms with E-state index in [0.717, 1.165) is 5.56 Å². The van der Waals surface area contributed by atoms with Crippen LogP contribution in [0.2, 0.25) is 0 Å². The van der Waals surface area contributed by atoms with Crippen molar-refractivity contribution in [2.24, 2.45) is 11.7 Å². The molecule has 0 bridgehead atoms. The number of hydrogen-bond donors (Lipinski definition) is 8. The number of nitrogens with two attached hydrogens (primary N) is 2. The van der Waals surface area contributed by atoms with Gasteiger partial charge in [-0.2, -0.15) is 0 Å². The Kier molecular flexibility index (Phi) is 13.1. The van der Waals surface area contributed by atoms with Crippen LogP contribution in [-0.4, -0.2) is 92.7 Å². The van der Waals surface area contributed by atoms with Gasteiger partial charge in [-0.05, 0) is 73.9 Å². The molecule has 2 aromatic carbocycles. The molecule has 1 heterocycles. The summed E-state index contributed by atoms with van der Waals surface area (Å²) in [7, 11) is 0. The van der Waals surface area contributed by atoms with Crippen LogP contribution in [0.1, 0.15) is 51.2 Å². The van der Waals surface area contributed by atoms with Crippen LogP contribution in [0.4, 0.5) is 5.69 Å². The van der Waals surface area contributed by atoms with Gasteiger partial charge in [-0.1, -0.05) is 38.1 Å². The number of anilines is 1. The highest BCUT2D eigenvalue weighted by Gasteiger charge is 2.40. The monoisotopic (exact) mass is 654 g/mol. The largest absolute Gasteiger partial charge is 0.508 e. The molecule has 14 nitrogen and oxygen atoms in total. The molecule has 256 valence electrons. The van der Waals surface area contributed by atoms with Crippen molar-refractivity contribution in [1.29, 1.82) is 0 Å². The summed E-state index contributed by atoms with van der Waals surface area (Å²) >= 11 is 0. The van der Waals surface area contributed by atoms with Crippen molar-refractivity contribution in [3.8, 4) is 5.75 Å². The third-order valence-electron chi connectivity index (χ3n) is 7.99. The van der Waals surface area contributed by atoms with Crippen LogP contribution >= 0.6 is 0 Å². The SMILES string of the molecule is CC(C)C[C@H](NC(=O)[C@H](Cc1ccc(O)cc1)NC(=O)[C@@H](N)Cc1ccc(N)cc1)C(=O)N1CCC[C@H]1C(=O)N[C@H](C(=O)O)[C@@H](C)O. The number of carboxylic acid groups (broad SMARTS) is 1. The number of nitrogen functional groups attached to an aromatic ring is 1. The topological polar surface area (TPSA) is 237 Å². The number of nitrogens with zero attached hydrogens (tertiary/aromatic N) is 1. The zero-order valence-electron chi connectivity index (χ0n) is 26.9. The van der Waals surface area contributed by atoms with Crippen molar-refractivity contribution < 1.29 is 39.3 Å². The van der Waals surface area contributed by atoms with E-state index in [4.69, 9.17) is 11.5 Å². The highest BCUT2D eigenvalue weighted by atomic mass is 16.4. The van der Waals surface area contributed by atoms with Gasteiger partial charge in [-0.3, -0.25) is 19.2 Å². The number of carbonyl (C=O) groups is 5. The summed E-state index contributed by atoms with van der Waals surface area (Å²) in [4.78, 5) is 66.8. The van der Waals surface area contributed by atoms with Gasteiger partial charge < -0.3 is 47.6 Å². The zero-order valence-corrected chi connectivity index (χ0v) is 26.9. The molecule has 10 N–H and O–H groups in total. The van der Waals surface area contributed by atoms with Gasteiger partial charge >= 0.3 is 5.97 Å². The summed E-state index contributed by atoms with van der Waals surface area (Å²) in [6, 6.07) is 7.26. The Balaban J connectivity index is 1.80. The lowest BCUT2D eigenvalue weighted by molar-refractivity contribution is -0.147. The summed E-state index contributed by atoms with van der Waals surface area (Å²) in [5.41, 5.74) is 13.9. The molecule has 2 aromatic rings. The Labute approximate surface area is 273 Å². The fraction of sp³-hybridized carbons (Fsp3) is 0.485. The number of carbonyl (C=O) groups excluding carboxylic acids is 4. The van der Waals surface area contributed by atoms with Gasteiger partial charge in [0.05, 0.1) is 12.1 Å². The number of aliphatic hydroxyl groups excluding tert-OH is 1. The first-order valence-corrected chi connectivity index (χ1v) is 15.7. The first-order chi connectivity index (χ1) is 22.2.